The van der Waals surface area contributed by atoms with Gasteiger partial charge in [0.1, 0.15) is 12.4 Å². The van der Waals surface area contributed by atoms with Crippen molar-refractivity contribution in [2.75, 3.05) is 18.5 Å². The summed E-state index contributed by atoms with van der Waals surface area (Å²) in [4.78, 5) is 0. The SMILES string of the molecule is Cc1cccc(OCCNc2nnc(CNC3CC3)o2)c1. The Morgan fingerprint density at radius 2 is 2.24 bits per heavy atom. The van der Waals surface area contributed by atoms with Crippen LogP contribution in [0.3, 0.4) is 0 Å². The van der Waals surface area contributed by atoms with E-state index < -0.39 is 0 Å². The Bertz CT molecular complexity index is 581. The predicted molar refractivity (Wildman–Crippen MR) is 79.3 cm³/mol. The predicted octanol–water partition coefficient (Wildman–Crippen LogP) is 2.12. The summed E-state index contributed by atoms with van der Waals surface area (Å²) in [6.45, 7) is 3.84. The molecular formula is C15H20N4O2. The van der Waals surface area contributed by atoms with Crippen LogP contribution in [0, 0.1) is 6.92 Å². The van der Waals surface area contributed by atoms with Crippen LogP contribution in [0.4, 0.5) is 6.01 Å². The first kappa shape index (κ1) is 13.9. The number of hydrogen-bond acceptors (Lipinski definition) is 6. The molecule has 0 bridgehead atoms. The third-order valence-corrected chi connectivity index (χ3v) is 3.22. The van der Waals surface area contributed by atoms with Crippen LogP contribution in [0.25, 0.3) is 0 Å². The molecule has 0 radical (unpaired) electrons. The monoisotopic (exact) mass is 288 g/mol. The highest BCUT2D eigenvalue weighted by Crippen LogP contribution is 2.19. The molecule has 0 unspecified atom stereocenters. The maximum Gasteiger partial charge on any atom is 0.315 e. The van der Waals surface area contributed by atoms with Gasteiger partial charge in [-0.3, -0.25) is 0 Å². The second-order valence-electron chi connectivity index (χ2n) is 5.25. The van der Waals surface area contributed by atoms with E-state index in [1.165, 1.54) is 18.4 Å². The van der Waals surface area contributed by atoms with E-state index in [-0.39, 0.29) is 0 Å². The van der Waals surface area contributed by atoms with Gasteiger partial charge in [-0.25, -0.2) is 0 Å². The van der Waals surface area contributed by atoms with Gasteiger partial charge in [0.25, 0.3) is 0 Å². The van der Waals surface area contributed by atoms with E-state index in [1.807, 2.05) is 31.2 Å². The average Bonchev–Trinajstić information content (AvgIpc) is 3.20. The van der Waals surface area contributed by atoms with E-state index in [0.29, 0.717) is 37.6 Å². The zero-order chi connectivity index (χ0) is 14.5. The van der Waals surface area contributed by atoms with Crippen LogP contribution < -0.4 is 15.4 Å². The molecule has 6 heteroatoms. The minimum absolute atomic E-state index is 0.440. The lowest BCUT2D eigenvalue weighted by molar-refractivity contribution is 0.331. The first-order valence-electron chi connectivity index (χ1n) is 7.29. The van der Waals surface area contributed by atoms with Crippen LogP contribution in [0.5, 0.6) is 5.75 Å². The van der Waals surface area contributed by atoms with E-state index in [9.17, 15) is 0 Å². The largest absolute Gasteiger partial charge is 0.492 e. The van der Waals surface area contributed by atoms with Crippen molar-refractivity contribution >= 4 is 6.01 Å². The molecule has 6 nitrogen and oxygen atoms in total. The van der Waals surface area contributed by atoms with E-state index in [1.54, 1.807) is 0 Å². The van der Waals surface area contributed by atoms with Crippen LogP contribution in [-0.2, 0) is 6.54 Å². The lowest BCUT2D eigenvalue weighted by Gasteiger charge is -2.06. The van der Waals surface area contributed by atoms with Gasteiger partial charge >= 0.3 is 6.01 Å². The number of rotatable bonds is 8. The summed E-state index contributed by atoms with van der Waals surface area (Å²) in [6.07, 6.45) is 2.49. The summed E-state index contributed by atoms with van der Waals surface area (Å²) in [6, 6.07) is 9.05. The molecule has 1 heterocycles. The normalized spacial score (nSPS) is 14.1. The molecule has 0 atom stereocenters. The molecule has 0 aliphatic heterocycles. The Morgan fingerprint density at radius 1 is 1.33 bits per heavy atom. The van der Waals surface area contributed by atoms with Gasteiger partial charge < -0.3 is 19.8 Å². The van der Waals surface area contributed by atoms with Crippen molar-refractivity contribution in [1.82, 2.24) is 15.5 Å². The lowest BCUT2D eigenvalue weighted by Crippen LogP contribution is -2.15. The Balaban J connectivity index is 1.36. The molecule has 0 spiro atoms. The average molecular weight is 288 g/mol. The Kier molecular flexibility index (Phi) is 4.35. The topological polar surface area (TPSA) is 72.2 Å². The first-order chi connectivity index (χ1) is 10.3. The fourth-order valence-corrected chi connectivity index (χ4v) is 1.95. The summed E-state index contributed by atoms with van der Waals surface area (Å²) in [7, 11) is 0. The standard InChI is InChI=1S/C15H20N4O2/c1-11-3-2-4-13(9-11)20-8-7-16-15-19-18-14(21-15)10-17-12-5-6-12/h2-4,9,12,17H,5-8,10H2,1H3,(H,16,19). The minimum atomic E-state index is 0.440. The van der Waals surface area contributed by atoms with Crippen LogP contribution in [0.15, 0.2) is 28.7 Å². The van der Waals surface area contributed by atoms with E-state index in [0.717, 1.165) is 5.75 Å². The molecule has 1 aromatic carbocycles. The number of ether oxygens (including phenoxy) is 1. The molecule has 21 heavy (non-hydrogen) atoms. The van der Waals surface area contributed by atoms with Crippen molar-refractivity contribution in [2.45, 2.75) is 32.4 Å². The van der Waals surface area contributed by atoms with Gasteiger partial charge in [0.2, 0.25) is 5.89 Å². The third kappa shape index (κ3) is 4.46. The number of anilines is 1. The molecule has 3 rings (SSSR count). The van der Waals surface area contributed by atoms with Crippen molar-refractivity contribution in [2.24, 2.45) is 0 Å². The van der Waals surface area contributed by atoms with Gasteiger partial charge in [-0.05, 0) is 37.5 Å². The molecule has 112 valence electrons. The van der Waals surface area contributed by atoms with Crippen LogP contribution in [0.1, 0.15) is 24.3 Å². The van der Waals surface area contributed by atoms with E-state index in [2.05, 4.69) is 20.8 Å². The Hall–Kier alpha value is -2.08. The second kappa shape index (κ2) is 6.58. The molecule has 2 N–H and O–H groups in total. The molecule has 1 aliphatic rings. The van der Waals surface area contributed by atoms with Crippen LogP contribution in [-0.4, -0.2) is 29.4 Å². The van der Waals surface area contributed by atoms with Crippen molar-refractivity contribution in [1.29, 1.82) is 0 Å². The number of hydrogen-bond donors (Lipinski definition) is 2. The quantitative estimate of drug-likeness (QED) is 0.725. The summed E-state index contributed by atoms with van der Waals surface area (Å²) in [5, 5.41) is 14.3. The van der Waals surface area contributed by atoms with E-state index in [4.69, 9.17) is 9.15 Å². The number of aromatic nitrogens is 2. The maximum atomic E-state index is 5.64. The fraction of sp³-hybridized carbons (Fsp3) is 0.467. The summed E-state index contributed by atoms with van der Waals surface area (Å²) in [5.74, 6) is 1.49. The van der Waals surface area contributed by atoms with Crippen molar-refractivity contribution in [3.63, 3.8) is 0 Å². The van der Waals surface area contributed by atoms with Crippen LogP contribution >= 0.6 is 0 Å². The molecule has 1 aromatic heterocycles. The lowest BCUT2D eigenvalue weighted by atomic mass is 10.2. The zero-order valence-electron chi connectivity index (χ0n) is 12.1. The van der Waals surface area contributed by atoms with E-state index >= 15 is 0 Å². The van der Waals surface area contributed by atoms with Gasteiger partial charge in [0.15, 0.2) is 0 Å². The Labute approximate surface area is 123 Å². The van der Waals surface area contributed by atoms with Crippen molar-refractivity contribution in [3.05, 3.63) is 35.7 Å². The molecule has 2 aromatic rings. The van der Waals surface area contributed by atoms with Gasteiger partial charge in [-0.1, -0.05) is 17.2 Å². The first-order valence-corrected chi connectivity index (χ1v) is 7.29. The fourth-order valence-electron chi connectivity index (χ4n) is 1.95. The summed E-state index contributed by atoms with van der Waals surface area (Å²) in [5.41, 5.74) is 1.19. The van der Waals surface area contributed by atoms with Gasteiger partial charge in [-0.2, -0.15) is 0 Å². The number of aryl methyl sites for hydroxylation is 1. The highest BCUT2D eigenvalue weighted by molar-refractivity contribution is 5.27. The summed E-state index contributed by atoms with van der Waals surface area (Å²) >= 11 is 0. The number of nitrogens with one attached hydrogen (secondary N) is 2. The maximum absolute atomic E-state index is 5.64. The van der Waals surface area contributed by atoms with Gasteiger partial charge in [0, 0.05) is 6.04 Å². The molecule has 1 aliphatic carbocycles. The minimum Gasteiger partial charge on any atom is -0.492 e. The van der Waals surface area contributed by atoms with Crippen LogP contribution in [0.2, 0.25) is 0 Å². The molecule has 0 amide bonds. The molecular weight excluding hydrogens is 268 g/mol. The number of benzene rings is 1. The highest BCUT2D eigenvalue weighted by Gasteiger charge is 2.21. The Morgan fingerprint density at radius 3 is 3.05 bits per heavy atom. The zero-order valence-corrected chi connectivity index (χ0v) is 12.1. The smallest absolute Gasteiger partial charge is 0.315 e. The van der Waals surface area contributed by atoms with Gasteiger partial charge in [-0.15, -0.1) is 5.10 Å². The number of nitrogens with zero attached hydrogens (tertiary/aromatic N) is 2. The molecule has 1 fully saturated rings. The molecule has 0 saturated heterocycles. The second-order valence-corrected chi connectivity index (χ2v) is 5.25. The molecule has 1 saturated carbocycles. The highest BCUT2D eigenvalue weighted by atomic mass is 16.5. The summed E-state index contributed by atoms with van der Waals surface area (Å²) < 4.78 is 11.1. The third-order valence-electron chi connectivity index (χ3n) is 3.22. The van der Waals surface area contributed by atoms with Crippen molar-refractivity contribution < 1.29 is 9.15 Å². The van der Waals surface area contributed by atoms with Gasteiger partial charge in [0.05, 0.1) is 13.1 Å². The van der Waals surface area contributed by atoms with Crippen molar-refractivity contribution in [3.8, 4) is 5.75 Å².